The lowest BCUT2D eigenvalue weighted by molar-refractivity contribution is 0.0600. The van der Waals surface area contributed by atoms with E-state index < -0.39 is 11.5 Å². The van der Waals surface area contributed by atoms with Gasteiger partial charge in [-0.3, -0.25) is 4.79 Å². The number of fused-ring (bicyclic) bond motifs is 1. The summed E-state index contributed by atoms with van der Waals surface area (Å²) in [5, 5.41) is 0.347. The van der Waals surface area contributed by atoms with Gasteiger partial charge in [-0.1, -0.05) is 6.07 Å². The van der Waals surface area contributed by atoms with Crippen molar-refractivity contribution in [1.29, 1.82) is 0 Å². The summed E-state index contributed by atoms with van der Waals surface area (Å²) >= 11 is 0. The Morgan fingerprint density at radius 1 is 1.09 bits per heavy atom. The third kappa shape index (κ3) is 2.66. The minimum Gasteiger partial charge on any atom is -0.493 e. The quantitative estimate of drug-likeness (QED) is 0.692. The number of hydrogen-bond acceptors (Lipinski definition) is 6. The van der Waals surface area contributed by atoms with Gasteiger partial charge in [0, 0.05) is 5.56 Å². The summed E-state index contributed by atoms with van der Waals surface area (Å²) in [6.07, 6.45) is 0. The van der Waals surface area contributed by atoms with Crippen LogP contribution in [0.25, 0.3) is 22.4 Å². The Bertz CT molecular complexity index is 928. The molecule has 23 heavy (non-hydrogen) atoms. The molecule has 0 saturated heterocycles. The molecule has 2 aromatic carbocycles. The van der Waals surface area contributed by atoms with Crippen molar-refractivity contribution in [2.24, 2.45) is 0 Å². The maximum absolute atomic E-state index is 12.2. The molecule has 0 atom stereocenters. The van der Waals surface area contributed by atoms with Gasteiger partial charge in [-0.25, -0.2) is 4.79 Å². The van der Waals surface area contributed by atoms with E-state index in [1.807, 2.05) is 0 Å². The van der Waals surface area contributed by atoms with Gasteiger partial charge in [-0.2, -0.15) is 4.98 Å². The average molecular weight is 311 g/mol. The largest absolute Gasteiger partial charge is 0.493 e. The Morgan fingerprint density at radius 2 is 1.83 bits per heavy atom. The molecule has 0 N–H and O–H groups in total. The van der Waals surface area contributed by atoms with Gasteiger partial charge in [0.05, 0.1) is 25.2 Å². The fourth-order valence-corrected chi connectivity index (χ4v) is 2.21. The van der Waals surface area contributed by atoms with Crippen molar-refractivity contribution >= 4 is 16.9 Å². The predicted molar refractivity (Wildman–Crippen MR) is 83.6 cm³/mol. The molecule has 0 amide bonds. The lowest BCUT2D eigenvalue weighted by Gasteiger charge is -2.06. The van der Waals surface area contributed by atoms with E-state index in [-0.39, 0.29) is 5.89 Å². The molecule has 0 aliphatic rings. The minimum atomic E-state index is -0.439. The van der Waals surface area contributed by atoms with Crippen molar-refractivity contribution < 1.29 is 18.7 Å². The highest BCUT2D eigenvalue weighted by atomic mass is 16.5. The number of ether oxygens (including phenoxy) is 2. The lowest BCUT2D eigenvalue weighted by Crippen LogP contribution is -2.08. The Hall–Kier alpha value is -3.15. The summed E-state index contributed by atoms with van der Waals surface area (Å²) in [6.45, 7) is 0. The van der Waals surface area contributed by atoms with Crippen molar-refractivity contribution in [2.45, 2.75) is 0 Å². The molecule has 3 rings (SSSR count). The van der Waals surface area contributed by atoms with E-state index in [1.54, 1.807) is 42.5 Å². The van der Waals surface area contributed by atoms with Crippen LogP contribution in [0.4, 0.5) is 0 Å². The van der Waals surface area contributed by atoms with E-state index in [0.29, 0.717) is 27.8 Å². The van der Waals surface area contributed by atoms with Crippen LogP contribution in [0.5, 0.6) is 5.75 Å². The summed E-state index contributed by atoms with van der Waals surface area (Å²) in [7, 11) is 2.81. The van der Waals surface area contributed by atoms with Gasteiger partial charge in [0.15, 0.2) is 11.3 Å². The van der Waals surface area contributed by atoms with Crippen molar-refractivity contribution in [3.63, 3.8) is 0 Å². The van der Waals surface area contributed by atoms with Crippen molar-refractivity contribution in [1.82, 2.24) is 4.98 Å². The van der Waals surface area contributed by atoms with E-state index in [0.717, 1.165) is 0 Å². The number of carbonyl (C=O) groups is 1. The third-order valence-corrected chi connectivity index (χ3v) is 3.38. The monoisotopic (exact) mass is 311 g/mol. The maximum Gasteiger partial charge on any atom is 0.337 e. The molecular weight excluding hydrogens is 298 g/mol. The van der Waals surface area contributed by atoms with Gasteiger partial charge in [0.1, 0.15) is 0 Å². The lowest BCUT2D eigenvalue weighted by atomic mass is 10.1. The van der Waals surface area contributed by atoms with Crippen molar-refractivity contribution in [3.8, 4) is 17.2 Å². The number of rotatable bonds is 3. The number of esters is 1. The smallest absolute Gasteiger partial charge is 0.337 e. The number of methoxy groups -OCH3 is 2. The van der Waals surface area contributed by atoms with Crippen LogP contribution in [0.1, 0.15) is 10.4 Å². The second kappa shape index (κ2) is 5.92. The molecular formula is C17H13NO5. The zero-order valence-corrected chi connectivity index (χ0v) is 12.5. The van der Waals surface area contributed by atoms with E-state index >= 15 is 0 Å². The third-order valence-electron chi connectivity index (χ3n) is 3.38. The minimum absolute atomic E-state index is 0.156. The zero-order valence-electron chi connectivity index (χ0n) is 12.5. The van der Waals surface area contributed by atoms with Gasteiger partial charge in [-0.05, 0) is 36.4 Å². The van der Waals surface area contributed by atoms with Crippen LogP contribution in [-0.4, -0.2) is 25.2 Å². The van der Waals surface area contributed by atoms with Crippen molar-refractivity contribution in [2.75, 3.05) is 14.2 Å². The second-order valence-electron chi connectivity index (χ2n) is 4.73. The fourth-order valence-electron chi connectivity index (χ4n) is 2.21. The van der Waals surface area contributed by atoms with Gasteiger partial charge < -0.3 is 13.9 Å². The summed E-state index contributed by atoms with van der Waals surface area (Å²) < 4.78 is 15.6. The first-order valence-corrected chi connectivity index (χ1v) is 6.80. The van der Waals surface area contributed by atoms with Gasteiger partial charge in [0.2, 0.25) is 5.89 Å². The Morgan fingerprint density at radius 3 is 2.48 bits per heavy atom. The highest BCUT2D eigenvalue weighted by molar-refractivity contribution is 5.90. The van der Waals surface area contributed by atoms with Crippen LogP contribution < -0.4 is 10.3 Å². The van der Waals surface area contributed by atoms with Crippen LogP contribution in [-0.2, 0) is 4.74 Å². The summed E-state index contributed by atoms with van der Waals surface area (Å²) in [6, 6.07) is 11.5. The summed E-state index contributed by atoms with van der Waals surface area (Å²) in [4.78, 5) is 27.6. The molecule has 0 radical (unpaired) electrons. The molecule has 0 bridgehead atoms. The maximum atomic E-state index is 12.2. The Balaban J connectivity index is 2.13. The summed E-state index contributed by atoms with van der Waals surface area (Å²) in [5.41, 5.74) is 0.902. The SMILES string of the molecule is COC(=O)c1ccc(-c2nc(=O)c3cccc(OC)c3o2)cc1. The number of hydrogen-bond donors (Lipinski definition) is 0. The normalized spacial score (nSPS) is 10.5. The number of benzene rings is 2. The van der Waals surface area contributed by atoms with Gasteiger partial charge in [-0.15, -0.1) is 0 Å². The molecule has 1 heterocycles. The molecule has 0 unspecified atom stereocenters. The molecule has 116 valence electrons. The molecule has 6 nitrogen and oxygen atoms in total. The first-order chi connectivity index (χ1) is 11.1. The number of nitrogens with zero attached hydrogens (tertiary/aromatic N) is 1. The topological polar surface area (TPSA) is 78.6 Å². The number of para-hydroxylation sites is 1. The molecule has 0 fully saturated rings. The highest BCUT2D eigenvalue weighted by Crippen LogP contribution is 2.27. The predicted octanol–water partition coefficient (Wildman–Crippen LogP) is 2.65. The van der Waals surface area contributed by atoms with E-state index in [4.69, 9.17) is 9.15 Å². The zero-order chi connectivity index (χ0) is 16.4. The van der Waals surface area contributed by atoms with Crippen LogP contribution in [0.2, 0.25) is 0 Å². The average Bonchev–Trinajstić information content (AvgIpc) is 2.60. The summed E-state index contributed by atoms with van der Waals surface area (Å²) in [5.74, 6) is 0.170. The standard InChI is InChI=1S/C17H13NO5/c1-21-13-5-3-4-12-14(13)23-16(18-15(12)19)10-6-8-11(9-7-10)17(20)22-2/h3-9H,1-2H3. The fraction of sp³-hybridized carbons (Fsp3) is 0.118. The Labute approximate surface area is 131 Å². The molecule has 0 spiro atoms. The van der Waals surface area contributed by atoms with Crippen LogP contribution in [0.15, 0.2) is 51.7 Å². The second-order valence-corrected chi connectivity index (χ2v) is 4.73. The molecule has 6 heteroatoms. The number of aromatic nitrogens is 1. The number of carbonyl (C=O) groups excluding carboxylic acids is 1. The van der Waals surface area contributed by atoms with Crippen LogP contribution in [0, 0.1) is 0 Å². The molecule has 3 aromatic rings. The van der Waals surface area contributed by atoms with Gasteiger partial charge in [0.25, 0.3) is 5.56 Å². The molecule has 0 aliphatic carbocycles. The van der Waals surface area contributed by atoms with Crippen LogP contribution >= 0.6 is 0 Å². The highest BCUT2D eigenvalue weighted by Gasteiger charge is 2.13. The molecule has 0 saturated carbocycles. The van der Waals surface area contributed by atoms with E-state index in [2.05, 4.69) is 9.72 Å². The van der Waals surface area contributed by atoms with E-state index in [1.165, 1.54) is 14.2 Å². The molecule has 0 aliphatic heterocycles. The van der Waals surface area contributed by atoms with Gasteiger partial charge >= 0.3 is 5.97 Å². The van der Waals surface area contributed by atoms with Crippen LogP contribution in [0.3, 0.4) is 0 Å². The first kappa shape index (κ1) is 14.8. The van der Waals surface area contributed by atoms with E-state index in [9.17, 15) is 9.59 Å². The molecule has 1 aromatic heterocycles. The van der Waals surface area contributed by atoms with Crippen molar-refractivity contribution in [3.05, 3.63) is 58.4 Å². The Kier molecular flexibility index (Phi) is 3.80. The first-order valence-electron chi connectivity index (χ1n) is 6.80.